The largest absolute Gasteiger partial charge is 0.389 e. The molecule has 2 unspecified atom stereocenters. The van der Waals surface area contributed by atoms with Gasteiger partial charge in [0.2, 0.25) is 0 Å². The highest BCUT2D eigenvalue weighted by molar-refractivity contribution is 7.19. The van der Waals surface area contributed by atoms with Gasteiger partial charge in [-0.2, -0.15) is 10.2 Å². The first-order valence-electron chi connectivity index (χ1n) is 10.3. The Bertz CT molecular complexity index is 1020. The number of amides is 1. The average Bonchev–Trinajstić information content (AvgIpc) is 3.45. The topological polar surface area (TPSA) is 139 Å². The van der Waals surface area contributed by atoms with Crippen LogP contribution in [0.3, 0.4) is 0 Å². The summed E-state index contributed by atoms with van der Waals surface area (Å²) in [4.78, 5) is 16.7. The molecule has 3 aromatic heterocycles. The summed E-state index contributed by atoms with van der Waals surface area (Å²) in [6, 6.07) is -0.0399. The second-order valence-corrected chi connectivity index (χ2v) is 8.82. The van der Waals surface area contributed by atoms with Crippen molar-refractivity contribution in [3.63, 3.8) is 0 Å². The van der Waals surface area contributed by atoms with Crippen molar-refractivity contribution < 1.29 is 13.9 Å². The van der Waals surface area contributed by atoms with Gasteiger partial charge in [-0.15, -0.1) is 0 Å². The molecule has 0 bridgehead atoms. The third kappa shape index (κ3) is 6.11. The number of hydrogen-bond acceptors (Lipinski definition) is 8. The van der Waals surface area contributed by atoms with Crippen molar-refractivity contribution in [2.45, 2.75) is 44.9 Å². The molecule has 1 aliphatic rings. The maximum atomic E-state index is 12.6. The SMILES string of the molecule is CC(C)n1cc(-c2nc(C(=O)Nc3cnn(C)c3)c(N)s2)cn1.NC1CCCOCC1F. The number of nitrogens with two attached hydrogens (primary N) is 2. The van der Waals surface area contributed by atoms with Gasteiger partial charge in [-0.25, -0.2) is 9.37 Å². The van der Waals surface area contributed by atoms with Crippen LogP contribution in [0.1, 0.15) is 43.2 Å². The minimum absolute atomic E-state index is 0.182. The average molecular weight is 465 g/mol. The standard InChI is InChI=1S/C14H17N7OS.C6H12FNO/c1-8(2)21-6-9(4-17-21)14-19-11(12(15)23-14)13(22)18-10-5-16-20(3)7-10;7-5-4-9-3-1-2-6(5)8/h4-8H,15H2,1-3H3,(H,18,22);5-6H,1-4,8H2. The van der Waals surface area contributed by atoms with Gasteiger partial charge in [0.1, 0.15) is 16.2 Å². The fraction of sp³-hybridized carbons (Fsp3) is 0.500. The van der Waals surface area contributed by atoms with Crippen LogP contribution in [0.25, 0.3) is 10.6 Å². The van der Waals surface area contributed by atoms with Gasteiger partial charge in [0.15, 0.2) is 5.69 Å². The molecule has 0 radical (unpaired) electrons. The Labute approximate surface area is 189 Å². The number of aromatic nitrogens is 5. The minimum Gasteiger partial charge on any atom is -0.389 e. The molecule has 0 aromatic carbocycles. The van der Waals surface area contributed by atoms with Crippen molar-refractivity contribution >= 4 is 27.9 Å². The first-order chi connectivity index (χ1) is 15.2. The fourth-order valence-electron chi connectivity index (χ4n) is 2.95. The van der Waals surface area contributed by atoms with Crippen molar-refractivity contribution in [1.29, 1.82) is 0 Å². The van der Waals surface area contributed by atoms with Crippen molar-refractivity contribution in [3.05, 3.63) is 30.5 Å². The minimum atomic E-state index is -0.951. The van der Waals surface area contributed by atoms with Crippen LogP contribution in [-0.4, -0.2) is 55.9 Å². The molecule has 1 amide bonds. The Morgan fingerprint density at radius 2 is 2.12 bits per heavy atom. The van der Waals surface area contributed by atoms with Crippen molar-refractivity contribution in [3.8, 4) is 10.6 Å². The summed E-state index contributed by atoms with van der Waals surface area (Å²) >= 11 is 1.27. The fourth-order valence-corrected chi connectivity index (χ4v) is 3.75. The number of nitrogens with one attached hydrogen (secondary N) is 1. The number of thiazole rings is 1. The number of alkyl halides is 1. The molecule has 174 valence electrons. The van der Waals surface area contributed by atoms with Crippen molar-refractivity contribution in [2.24, 2.45) is 12.8 Å². The van der Waals surface area contributed by atoms with Crippen molar-refractivity contribution in [1.82, 2.24) is 24.5 Å². The van der Waals surface area contributed by atoms with E-state index in [0.717, 1.165) is 18.4 Å². The van der Waals surface area contributed by atoms with Crippen LogP contribution in [0.2, 0.25) is 0 Å². The zero-order chi connectivity index (χ0) is 23.3. The van der Waals surface area contributed by atoms with Crippen LogP contribution in [0.15, 0.2) is 24.8 Å². The number of anilines is 2. The second-order valence-electron chi connectivity index (χ2n) is 7.79. The third-order valence-corrected chi connectivity index (χ3v) is 5.71. The summed E-state index contributed by atoms with van der Waals surface area (Å²) in [7, 11) is 1.78. The van der Waals surface area contributed by atoms with E-state index in [9.17, 15) is 9.18 Å². The van der Waals surface area contributed by atoms with Gasteiger partial charge in [0.25, 0.3) is 5.91 Å². The van der Waals surface area contributed by atoms with Gasteiger partial charge in [0, 0.05) is 43.7 Å². The highest BCUT2D eigenvalue weighted by Gasteiger charge is 2.20. The van der Waals surface area contributed by atoms with Crippen LogP contribution in [0, 0.1) is 0 Å². The molecule has 0 spiro atoms. The molecule has 10 nitrogen and oxygen atoms in total. The predicted molar refractivity (Wildman–Crippen MR) is 122 cm³/mol. The van der Waals surface area contributed by atoms with Gasteiger partial charge in [-0.3, -0.25) is 14.2 Å². The zero-order valence-corrected chi connectivity index (χ0v) is 19.2. The Balaban J connectivity index is 0.000000269. The van der Waals surface area contributed by atoms with E-state index in [0.29, 0.717) is 22.3 Å². The van der Waals surface area contributed by atoms with Gasteiger partial charge in [-0.1, -0.05) is 11.3 Å². The second kappa shape index (κ2) is 10.7. The quantitative estimate of drug-likeness (QED) is 0.539. The number of aryl methyl sites for hydroxylation is 1. The van der Waals surface area contributed by atoms with Crippen LogP contribution in [0.5, 0.6) is 0 Å². The summed E-state index contributed by atoms with van der Waals surface area (Å²) in [5.74, 6) is -0.353. The summed E-state index contributed by atoms with van der Waals surface area (Å²) in [6.07, 6.45) is 7.57. The van der Waals surface area contributed by atoms with E-state index >= 15 is 0 Å². The molecule has 4 heterocycles. The lowest BCUT2D eigenvalue weighted by Crippen LogP contribution is -2.32. The lowest BCUT2D eigenvalue weighted by atomic mass is 10.1. The molecule has 1 saturated heterocycles. The predicted octanol–water partition coefficient (Wildman–Crippen LogP) is 2.62. The van der Waals surface area contributed by atoms with E-state index in [2.05, 4.69) is 20.5 Å². The summed E-state index contributed by atoms with van der Waals surface area (Å²) in [5.41, 5.74) is 13.0. The van der Waals surface area contributed by atoms with E-state index in [1.54, 1.807) is 30.3 Å². The molecule has 12 heteroatoms. The van der Waals surface area contributed by atoms with E-state index in [1.807, 2.05) is 24.7 Å². The molecular formula is C20H29FN8O2S. The van der Waals surface area contributed by atoms with Crippen molar-refractivity contribution in [2.75, 3.05) is 24.3 Å². The van der Waals surface area contributed by atoms with E-state index in [1.165, 1.54) is 11.3 Å². The molecule has 0 aliphatic carbocycles. The molecule has 0 saturated carbocycles. The van der Waals surface area contributed by atoms with Crippen LogP contribution in [0.4, 0.5) is 15.1 Å². The maximum absolute atomic E-state index is 12.6. The number of nitrogens with zero attached hydrogens (tertiary/aromatic N) is 5. The van der Waals surface area contributed by atoms with E-state index < -0.39 is 6.17 Å². The highest BCUT2D eigenvalue weighted by Crippen LogP contribution is 2.30. The van der Waals surface area contributed by atoms with E-state index in [-0.39, 0.29) is 30.3 Å². The Hall–Kier alpha value is -2.83. The van der Waals surface area contributed by atoms with Gasteiger partial charge >= 0.3 is 0 Å². The normalized spacial score (nSPS) is 18.7. The maximum Gasteiger partial charge on any atom is 0.277 e. The summed E-state index contributed by atoms with van der Waals surface area (Å²) < 4.78 is 20.9. The summed E-state index contributed by atoms with van der Waals surface area (Å²) in [6.45, 7) is 4.93. The van der Waals surface area contributed by atoms with Crippen LogP contribution in [-0.2, 0) is 11.8 Å². The first kappa shape index (κ1) is 23.8. The molecule has 3 aromatic rings. The first-order valence-corrected chi connectivity index (χ1v) is 11.1. The Kier molecular flexibility index (Phi) is 7.94. The molecule has 5 N–H and O–H groups in total. The molecule has 4 rings (SSSR count). The van der Waals surface area contributed by atoms with E-state index in [4.69, 9.17) is 16.2 Å². The lowest BCUT2D eigenvalue weighted by Gasteiger charge is -2.10. The van der Waals surface area contributed by atoms with Gasteiger partial charge < -0.3 is 21.5 Å². The number of halogens is 1. The Morgan fingerprint density at radius 3 is 2.78 bits per heavy atom. The summed E-state index contributed by atoms with van der Waals surface area (Å²) in [5, 5.41) is 12.1. The monoisotopic (exact) mass is 464 g/mol. The molecule has 2 atom stereocenters. The molecular weight excluding hydrogens is 435 g/mol. The number of carbonyl (C=O) groups is 1. The number of rotatable bonds is 4. The zero-order valence-electron chi connectivity index (χ0n) is 18.4. The number of hydrogen-bond donors (Lipinski definition) is 3. The third-order valence-electron chi connectivity index (χ3n) is 4.78. The molecule has 1 aliphatic heterocycles. The Morgan fingerprint density at radius 1 is 1.34 bits per heavy atom. The van der Waals surface area contributed by atoms with Crippen LogP contribution < -0.4 is 16.8 Å². The lowest BCUT2D eigenvalue weighted by molar-refractivity contribution is 0.0923. The smallest absolute Gasteiger partial charge is 0.277 e. The highest BCUT2D eigenvalue weighted by atomic mass is 32.1. The number of carbonyl (C=O) groups excluding carboxylic acids is 1. The molecule has 1 fully saturated rings. The number of nitrogen functional groups attached to an aromatic ring is 1. The number of ether oxygens (including phenoxy) is 1. The van der Waals surface area contributed by atoms with Gasteiger partial charge in [0.05, 0.1) is 24.7 Å². The molecule has 32 heavy (non-hydrogen) atoms. The van der Waals surface area contributed by atoms with Gasteiger partial charge in [-0.05, 0) is 26.7 Å². The van der Waals surface area contributed by atoms with Crippen LogP contribution >= 0.6 is 11.3 Å².